The van der Waals surface area contributed by atoms with Crippen molar-refractivity contribution in [2.45, 2.75) is 80.0 Å². The van der Waals surface area contributed by atoms with Crippen LogP contribution in [0.1, 0.15) is 49.3 Å². The van der Waals surface area contributed by atoms with Crippen molar-refractivity contribution in [3.63, 3.8) is 0 Å². The molecule has 276 valence electrons. The molecule has 0 radical (unpaired) electrons. The topological polar surface area (TPSA) is 110 Å². The van der Waals surface area contributed by atoms with Gasteiger partial charge >= 0.3 is 16.2 Å². The first-order valence-electron chi connectivity index (χ1n) is 16.6. The van der Waals surface area contributed by atoms with Gasteiger partial charge < -0.3 is 19.5 Å². The zero-order valence-electron chi connectivity index (χ0n) is 27.7. The van der Waals surface area contributed by atoms with Crippen molar-refractivity contribution in [3.8, 4) is 0 Å². The molecular weight excluding hydrogens is 699 g/mol. The van der Waals surface area contributed by atoms with Crippen LogP contribution in [-0.4, -0.2) is 78.3 Å². The number of rotatable bonds is 12. The molecule has 0 spiro atoms. The third-order valence-corrected chi connectivity index (χ3v) is 10.7. The molecule has 0 saturated carbocycles. The van der Waals surface area contributed by atoms with E-state index in [0.717, 1.165) is 35.4 Å². The average Bonchev–Trinajstić information content (AvgIpc) is 3.67. The van der Waals surface area contributed by atoms with Gasteiger partial charge in [-0.3, -0.25) is 29.2 Å². The van der Waals surface area contributed by atoms with Crippen molar-refractivity contribution in [1.82, 2.24) is 15.2 Å². The number of fused-ring (bicyclic) bond motifs is 2. The van der Waals surface area contributed by atoms with Crippen LogP contribution in [0.4, 0.5) is 25.1 Å². The second-order valence-corrected chi connectivity index (χ2v) is 15.6. The maximum atomic E-state index is 14.8. The van der Waals surface area contributed by atoms with Gasteiger partial charge in [0.25, 0.3) is 0 Å². The minimum atomic E-state index is -10.1. The Bertz CT molecular complexity index is 1710. The van der Waals surface area contributed by atoms with Crippen LogP contribution in [0.25, 0.3) is 0 Å². The zero-order valence-corrected chi connectivity index (χ0v) is 28.5. The number of carbonyl (C=O) groups excluding carboxylic acids is 3. The van der Waals surface area contributed by atoms with E-state index in [4.69, 9.17) is 14.2 Å². The minimum absolute atomic E-state index is 0.0123. The smallest absolute Gasteiger partial charge is 0.320 e. The van der Waals surface area contributed by atoms with Crippen LogP contribution in [0.5, 0.6) is 0 Å². The quantitative estimate of drug-likeness (QED) is 0.166. The molecule has 10 nitrogen and oxygen atoms in total. The summed E-state index contributed by atoms with van der Waals surface area (Å²) in [6, 6.07) is 11.1. The normalized spacial score (nSPS) is 25.3. The summed E-state index contributed by atoms with van der Waals surface area (Å²) >= 11 is 0. The molecule has 3 unspecified atom stereocenters. The maximum Gasteiger partial charge on any atom is 0.320 e. The molecule has 6 rings (SSSR count). The summed E-state index contributed by atoms with van der Waals surface area (Å²) in [6.45, 7) is -0.227. The lowest BCUT2D eigenvalue weighted by Crippen LogP contribution is -2.53. The van der Waals surface area contributed by atoms with Gasteiger partial charge in [-0.05, 0) is 68.0 Å². The number of likely N-dealkylation sites (tertiary alicyclic amines) is 1. The van der Waals surface area contributed by atoms with Crippen LogP contribution in [0.3, 0.4) is 0 Å². The predicted molar refractivity (Wildman–Crippen MR) is 178 cm³/mol. The Morgan fingerprint density at radius 1 is 0.961 bits per heavy atom. The fourth-order valence-electron chi connectivity index (χ4n) is 7.05. The van der Waals surface area contributed by atoms with E-state index in [1.807, 2.05) is 6.07 Å². The number of amides is 2. The number of anilines is 1. The molecule has 4 heterocycles. The first-order valence-corrected chi connectivity index (χ1v) is 18.5. The summed E-state index contributed by atoms with van der Waals surface area (Å²) in [5.41, 5.74) is 0.734. The van der Waals surface area contributed by atoms with E-state index in [1.165, 1.54) is 30.5 Å². The van der Waals surface area contributed by atoms with Crippen LogP contribution in [0.2, 0.25) is 0 Å². The van der Waals surface area contributed by atoms with Gasteiger partial charge in [-0.15, -0.1) is 0 Å². The second kappa shape index (κ2) is 13.8. The lowest BCUT2D eigenvalue weighted by Gasteiger charge is -2.41. The standard InChI is InChI=1S/C35H39F5N4O6S/c1-48-29-18-31(43(20-29)21-32(45)49-22-23-6-3-2-4-7-23)35(47)44(26-9-13-30(14-10-26)51(36,37,38,39)40)33(24-8-5-15-41-19-24)34(46)42-25-16-27-11-12-28(17-25)50-27/h2-10,13-15,19,25,27-29,31,33H,11-12,16-18,20-22H2,1H3,(H,42,46)/t25?,27?,28?,29-,31-,33?/m1/s1. The van der Waals surface area contributed by atoms with Crippen LogP contribution in [-0.2, 0) is 35.2 Å². The van der Waals surface area contributed by atoms with Crippen LogP contribution < -0.4 is 10.2 Å². The number of benzene rings is 2. The highest BCUT2D eigenvalue weighted by Crippen LogP contribution is 3.02. The van der Waals surface area contributed by atoms with Crippen molar-refractivity contribution in [3.05, 3.63) is 90.3 Å². The highest BCUT2D eigenvalue weighted by Gasteiger charge is 2.65. The van der Waals surface area contributed by atoms with E-state index in [2.05, 4.69) is 10.3 Å². The molecule has 51 heavy (non-hydrogen) atoms. The number of pyridine rings is 1. The number of hydrogen-bond acceptors (Lipinski definition) is 8. The van der Waals surface area contributed by atoms with E-state index in [9.17, 15) is 33.8 Å². The first-order chi connectivity index (χ1) is 24.1. The fraction of sp³-hybridized carbons (Fsp3) is 0.429. The van der Waals surface area contributed by atoms with Crippen LogP contribution in [0, 0.1) is 0 Å². The summed E-state index contributed by atoms with van der Waals surface area (Å²) in [6.07, 6.45) is 5.02. The highest BCUT2D eigenvalue weighted by atomic mass is 32.5. The van der Waals surface area contributed by atoms with Gasteiger partial charge in [0.05, 0.1) is 30.9 Å². The molecule has 5 atom stereocenters. The molecule has 2 amide bonds. The van der Waals surface area contributed by atoms with Gasteiger partial charge in [0.1, 0.15) is 17.5 Å². The number of aromatic nitrogens is 1. The summed E-state index contributed by atoms with van der Waals surface area (Å²) in [4.78, 5) is 46.7. The van der Waals surface area contributed by atoms with Crippen LogP contribution >= 0.6 is 10.2 Å². The molecule has 3 saturated heterocycles. The Morgan fingerprint density at radius 3 is 2.25 bits per heavy atom. The number of ether oxygens (including phenoxy) is 3. The SMILES string of the molecule is CO[C@@H]1C[C@H](C(=O)N(c2ccc(S(F)(F)(F)(F)F)cc2)C(C(=O)NC2CC3CCC(C2)O3)c2cccnc2)N(CC(=O)OCc2ccccc2)C1. The molecule has 3 aromatic rings. The zero-order chi connectivity index (χ0) is 36.5. The summed E-state index contributed by atoms with van der Waals surface area (Å²) in [5, 5.41) is 3.01. The van der Waals surface area contributed by atoms with Gasteiger partial charge in [0.2, 0.25) is 11.8 Å². The van der Waals surface area contributed by atoms with Crippen LogP contribution in [0.15, 0.2) is 84.0 Å². The largest absolute Gasteiger partial charge is 0.460 e. The van der Waals surface area contributed by atoms with E-state index in [0.29, 0.717) is 12.8 Å². The number of nitrogens with one attached hydrogen (secondary N) is 1. The Hall–Kier alpha value is -4.12. The molecule has 1 aromatic heterocycles. The molecule has 2 aromatic carbocycles. The highest BCUT2D eigenvalue weighted by molar-refractivity contribution is 8.45. The Labute approximate surface area is 292 Å². The maximum absolute atomic E-state index is 14.8. The molecular formula is C35H39F5N4O6S. The number of halogens is 5. The fourth-order valence-corrected chi connectivity index (χ4v) is 7.70. The number of methoxy groups -OCH3 is 1. The molecule has 16 heteroatoms. The van der Waals surface area contributed by atoms with Gasteiger partial charge in [-0.2, -0.15) is 0 Å². The molecule has 3 fully saturated rings. The number of esters is 1. The van der Waals surface area contributed by atoms with Crippen molar-refractivity contribution >= 4 is 33.7 Å². The molecule has 2 bridgehead atoms. The van der Waals surface area contributed by atoms with Gasteiger partial charge in [0.15, 0.2) is 0 Å². The Kier molecular flexibility index (Phi) is 9.91. The monoisotopic (exact) mass is 738 g/mol. The van der Waals surface area contributed by atoms with Crippen molar-refractivity contribution < 1.29 is 48.0 Å². The number of carbonyl (C=O) groups is 3. The third kappa shape index (κ3) is 8.86. The lowest BCUT2D eigenvalue weighted by atomic mass is 9.99. The molecule has 3 aliphatic heterocycles. The predicted octanol–water partition coefficient (Wildman–Crippen LogP) is 6.47. The van der Waals surface area contributed by atoms with Crippen molar-refractivity contribution in [2.24, 2.45) is 0 Å². The first kappa shape index (κ1) is 36.7. The van der Waals surface area contributed by atoms with E-state index in [1.54, 1.807) is 30.3 Å². The van der Waals surface area contributed by atoms with Gasteiger partial charge in [-0.25, -0.2) is 0 Å². The Morgan fingerprint density at radius 2 is 1.65 bits per heavy atom. The van der Waals surface area contributed by atoms with E-state index >= 15 is 0 Å². The summed E-state index contributed by atoms with van der Waals surface area (Å²) in [5.74, 6) is -2.05. The Balaban J connectivity index is 1.35. The third-order valence-electron chi connectivity index (χ3n) is 9.50. The minimum Gasteiger partial charge on any atom is -0.460 e. The van der Waals surface area contributed by atoms with Crippen molar-refractivity contribution in [2.75, 3.05) is 25.1 Å². The lowest BCUT2D eigenvalue weighted by molar-refractivity contribution is -0.147. The average molecular weight is 739 g/mol. The van der Waals surface area contributed by atoms with E-state index < -0.39 is 51.1 Å². The molecule has 1 N–H and O–H groups in total. The number of nitrogens with zero attached hydrogens (tertiary/aromatic N) is 3. The van der Waals surface area contributed by atoms with Gasteiger partial charge in [0, 0.05) is 43.3 Å². The van der Waals surface area contributed by atoms with E-state index in [-0.39, 0.29) is 67.8 Å². The summed E-state index contributed by atoms with van der Waals surface area (Å²) < 4.78 is 85.7. The molecule has 0 aliphatic carbocycles. The number of hydrogen-bond donors (Lipinski definition) is 1. The summed E-state index contributed by atoms with van der Waals surface area (Å²) in [7, 11) is -8.64. The van der Waals surface area contributed by atoms with Crippen molar-refractivity contribution in [1.29, 1.82) is 0 Å². The van der Waals surface area contributed by atoms with Gasteiger partial charge in [-0.1, -0.05) is 55.8 Å². The molecule has 3 aliphatic rings. The second-order valence-electron chi connectivity index (χ2n) is 13.2.